The number of hydrazine groups is 1. The molecular weight excluding hydrogens is 262 g/mol. The highest BCUT2D eigenvalue weighted by Gasteiger charge is 2.01. The van der Waals surface area contributed by atoms with Crippen molar-refractivity contribution in [3.63, 3.8) is 0 Å². The first-order valence-electron chi connectivity index (χ1n) is 4.17. The van der Waals surface area contributed by atoms with Crippen molar-refractivity contribution in [2.24, 2.45) is 0 Å². The molecule has 1 aromatic rings. The van der Waals surface area contributed by atoms with Gasteiger partial charge in [0.25, 0.3) is 0 Å². The van der Waals surface area contributed by atoms with Crippen LogP contribution in [0.25, 0.3) is 0 Å². The van der Waals surface area contributed by atoms with Gasteiger partial charge in [-0.25, -0.2) is 4.79 Å². The smallest absolute Gasteiger partial charge is 0.297 e. The molecule has 0 fully saturated rings. The van der Waals surface area contributed by atoms with Crippen LogP contribution in [0.15, 0.2) is 28.7 Å². The SMILES string of the molecule is CC(=O)NC(=O)NNc1cccc(Br)c1. The Hall–Kier alpha value is -1.56. The minimum Gasteiger partial charge on any atom is -0.297 e. The van der Waals surface area contributed by atoms with Crippen LogP contribution in [0.5, 0.6) is 0 Å². The van der Waals surface area contributed by atoms with E-state index in [9.17, 15) is 9.59 Å². The molecule has 0 aliphatic heterocycles. The fraction of sp³-hybridized carbons (Fsp3) is 0.111. The van der Waals surface area contributed by atoms with Crippen molar-refractivity contribution < 1.29 is 9.59 Å². The summed E-state index contributed by atoms with van der Waals surface area (Å²) < 4.78 is 0.890. The van der Waals surface area contributed by atoms with Gasteiger partial charge in [-0.2, -0.15) is 0 Å². The second-order valence-electron chi connectivity index (χ2n) is 2.77. The maximum atomic E-state index is 11.0. The van der Waals surface area contributed by atoms with Crippen molar-refractivity contribution in [3.8, 4) is 0 Å². The lowest BCUT2D eigenvalue weighted by Gasteiger charge is -2.08. The Balaban J connectivity index is 2.43. The lowest BCUT2D eigenvalue weighted by atomic mass is 10.3. The fourth-order valence-electron chi connectivity index (χ4n) is 0.886. The van der Waals surface area contributed by atoms with Crippen molar-refractivity contribution >= 4 is 33.6 Å². The molecule has 3 amide bonds. The predicted octanol–water partition coefficient (Wildman–Crippen LogP) is 1.62. The van der Waals surface area contributed by atoms with Gasteiger partial charge in [-0.3, -0.25) is 21.0 Å². The van der Waals surface area contributed by atoms with Crippen LogP contribution in [-0.4, -0.2) is 11.9 Å². The Kier molecular flexibility index (Phi) is 4.11. The molecule has 0 heterocycles. The molecule has 1 rings (SSSR count). The average Bonchev–Trinajstić information content (AvgIpc) is 2.14. The molecule has 6 heteroatoms. The van der Waals surface area contributed by atoms with Gasteiger partial charge in [-0.15, -0.1) is 0 Å². The summed E-state index contributed by atoms with van der Waals surface area (Å²) >= 11 is 3.29. The second kappa shape index (κ2) is 5.35. The Morgan fingerprint density at radius 3 is 2.67 bits per heavy atom. The minimum atomic E-state index is -0.595. The van der Waals surface area contributed by atoms with Crippen molar-refractivity contribution in [2.45, 2.75) is 6.92 Å². The van der Waals surface area contributed by atoms with Gasteiger partial charge in [0.05, 0.1) is 5.69 Å². The number of carbonyl (C=O) groups is 2. The van der Waals surface area contributed by atoms with E-state index in [2.05, 4.69) is 32.1 Å². The van der Waals surface area contributed by atoms with Crippen molar-refractivity contribution in [1.82, 2.24) is 10.7 Å². The van der Waals surface area contributed by atoms with Crippen LogP contribution in [0, 0.1) is 0 Å². The molecule has 0 spiro atoms. The first-order chi connectivity index (χ1) is 7.08. The highest BCUT2D eigenvalue weighted by atomic mass is 79.9. The number of amides is 3. The van der Waals surface area contributed by atoms with E-state index in [0.717, 1.165) is 4.47 Å². The molecule has 0 saturated heterocycles. The van der Waals surface area contributed by atoms with Gasteiger partial charge in [0.1, 0.15) is 0 Å². The van der Waals surface area contributed by atoms with Gasteiger partial charge < -0.3 is 0 Å². The van der Waals surface area contributed by atoms with Crippen molar-refractivity contribution in [2.75, 3.05) is 5.43 Å². The third-order valence-corrected chi connectivity index (χ3v) is 1.93. The maximum Gasteiger partial charge on any atom is 0.340 e. The van der Waals surface area contributed by atoms with Crippen LogP contribution in [0.4, 0.5) is 10.5 Å². The molecular formula is C9H10BrN3O2. The zero-order chi connectivity index (χ0) is 11.3. The van der Waals surface area contributed by atoms with Crippen molar-refractivity contribution in [3.05, 3.63) is 28.7 Å². The molecule has 5 nitrogen and oxygen atoms in total. The highest BCUT2D eigenvalue weighted by molar-refractivity contribution is 9.10. The Bertz CT molecular complexity index is 381. The lowest BCUT2D eigenvalue weighted by Crippen LogP contribution is -2.41. The summed E-state index contributed by atoms with van der Waals surface area (Å²) in [6.07, 6.45) is 0. The summed E-state index contributed by atoms with van der Waals surface area (Å²) in [5.74, 6) is -0.413. The fourth-order valence-corrected chi connectivity index (χ4v) is 1.29. The van der Waals surface area contributed by atoms with E-state index in [1.54, 1.807) is 12.1 Å². The van der Waals surface area contributed by atoms with E-state index in [4.69, 9.17) is 0 Å². The van der Waals surface area contributed by atoms with E-state index in [0.29, 0.717) is 5.69 Å². The normalized spacial score (nSPS) is 9.20. The molecule has 15 heavy (non-hydrogen) atoms. The standard InChI is InChI=1S/C9H10BrN3O2/c1-6(14)11-9(15)13-12-8-4-2-3-7(10)5-8/h2-5,12H,1H3,(H2,11,13,14,15). The first-order valence-corrected chi connectivity index (χ1v) is 4.96. The number of anilines is 1. The Morgan fingerprint density at radius 2 is 2.07 bits per heavy atom. The van der Waals surface area contributed by atoms with Crippen molar-refractivity contribution in [1.29, 1.82) is 0 Å². The van der Waals surface area contributed by atoms with E-state index >= 15 is 0 Å². The van der Waals surface area contributed by atoms with Crippen LogP contribution >= 0.6 is 15.9 Å². The largest absolute Gasteiger partial charge is 0.340 e. The molecule has 0 aliphatic rings. The number of benzene rings is 1. The second-order valence-corrected chi connectivity index (χ2v) is 3.69. The quantitative estimate of drug-likeness (QED) is 0.716. The molecule has 0 atom stereocenters. The van der Waals surface area contributed by atoms with Crippen LogP contribution < -0.4 is 16.2 Å². The first kappa shape index (κ1) is 11.5. The molecule has 0 unspecified atom stereocenters. The number of carbonyl (C=O) groups excluding carboxylic acids is 2. The monoisotopic (exact) mass is 271 g/mol. The van der Waals surface area contributed by atoms with Gasteiger partial charge in [-0.1, -0.05) is 22.0 Å². The molecule has 0 radical (unpaired) electrons. The van der Waals surface area contributed by atoms with Crippen LogP contribution in [0.1, 0.15) is 6.92 Å². The summed E-state index contributed by atoms with van der Waals surface area (Å²) in [6, 6.07) is 6.65. The van der Waals surface area contributed by atoms with Crippen LogP contribution in [-0.2, 0) is 4.79 Å². The zero-order valence-corrected chi connectivity index (χ0v) is 9.59. The van der Waals surface area contributed by atoms with Gasteiger partial charge in [0.15, 0.2) is 0 Å². The van der Waals surface area contributed by atoms with Gasteiger partial charge in [-0.05, 0) is 18.2 Å². The number of hydrogen-bond donors (Lipinski definition) is 3. The van der Waals surface area contributed by atoms with E-state index < -0.39 is 11.9 Å². The summed E-state index contributed by atoms with van der Waals surface area (Å²) in [6.45, 7) is 1.26. The average molecular weight is 272 g/mol. The molecule has 1 aromatic carbocycles. The predicted molar refractivity (Wildman–Crippen MR) is 60.1 cm³/mol. The zero-order valence-electron chi connectivity index (χ0n) is 8.00. The van der Waals surface area contributed by atoms with E-state index in [1.165, 1.54) is 6.92 Å². The number of hydrogen-bond acceptors (Lipinski definition) is 3. The van der Waals surface area contributed by atoms with E-state index in [-0.39, 0.29) is 0 Å². The number of imide groups is 1. The number of nitrogens with one attached hydrogen (secondary N) is 3. The van der Waals surface area contributed by atoms with E-state index in [1.807, 2.05) is 12.1 Å². The number of rotatable bonds is 2. The summed E-state index contributed by atoms with van der Waals surface area (Å²) in [4.78, 5) is 21.5. The van der Waals surface area contributed by atoms with Gasteiger partial charge in [0.2, 0.25) is 5.91 Å². The number of halogens is 1. The molecule has 3 N–H and O–H groups in total. The van der Waals surface area contributed by atoms with Crippen LogP contribution in [0.3, 0.4) is 0 Å². The van der Waals surface area contributed by atoms with Gasteiger partial charge >= 0.3 is 6.03 Å². The molecule has 0 saturated carbocycles. The summed E-state index contributed by atoms with van der Waals surface area (Å²) in [5.41, 5.74) is 5.67. The Labute approximate surface area is 95.3 Å². The minimum absolute atomic E-state index is 0.413. The van der Waals surface area contributed by atoms with Crippen LogP contribution in [0.2, 0.25) is 0 Å². The van der Waals surface area contributed by atoms with Gasteiger partial charge in [0, 0.05) is 11.4 Å². The third-order valence-electron chi connectivity index (χ3n) is 1.43. The molecule has 0 bridgehead atoms. The molecule has 0 aromatic heterocycles. The Morgan fingerprint density at radius 1 is 1.33 bits per heavy atom. The topological polar surface area (TPSA) is 70.2 Å². The highest BCUT2D eigenvalue weighted by Crippen LogP contribution is 2.14. The molecule has 80 valence electrons. The number of urea groups is 1. The summed E-state index contributed by atoms with van der Waals surface area (Å²) in [5, 5.41) is 2.06. The summed E-state index contributed by atoms with van der Waals surface area (Å²) in [7, 11) is 0. The lowest BCUT2D eigenvalue weighted by molar-refractivity contribution is -0.117. The third kappa shape index (κ3) is 4.46. The maximum absolute atomic E-state index is 11.0. The molecule has 0 aliphatic carbocycles.